The van der Waals surface area contributed by atoms with Crippen LogP contribution >= 0.6 is 7.91 Å². The van der Waals surface area contributed by atoms with Crippen molar-refractivity contribution in [2.24, 2.45) is 0 Å². The molecule has 3 nitrogen and oxygen atoms in total. The first-order valence-corrected chi connectivity index (χ1v) is 2.25. The van der Waals surface area contributed by atoms with Crippen LogP contribution in [0.3, 0.4) is 0 Å². The molecule has 0 radical (unpaired) electrons. The molecule has 0 aromatic heterocycles. The van der Waals surface area contributed by atoms with E-state index in [0.717, 1.165) is 0 Å². The van der Waals surface area contributed by atoms with E-state index in [9.17, 15) is 4.20 Å². The van der Waals surface area contributed by atoms with E-state index < -0.39 is 7.91 Å². The van der Waals surface area contributed by atoms with Crippen LogP contribution in [0.15, 0.2) is 0 Å². The van der Waals surface area contributed by atoms with Crippen LogP contribution in [0.25, 0.3) is 0 Å². The van der Waals surface area contributed by atoms with Crippen LogP contribution in [0, 0.1) is 0 Å². The molecule has 7 heavy (non-hydrogen) atoms. The summed E-state index contributed by atoms with van der Waals surface area (Å²) in [5, 5.41) is 0. The molecule has 0 unspecified atom stereocenters. The fourth-order valence-electron chi connectivity index (χ4n) is 0. The van der Waals surface area contributed by atoms with Crippen LogP contribution in [-0.2, 0) is 4.57 Å². The Bertz CT molecular complexity index is 59.1. The summed E-state index contributed by atoms with van der Waals surface area (Å²) < 4.78 is 19.0. The quantitative estimate of drug-likeness (QED) is 0.307. The summed E-state index contributed by atoms with van der Waals surface area (Å²) in [6.45, 7) is 0. The van der Waals surface area contributed by atoms with Crippen molar-refractivity contribution in [3.63, 3.8) is 0 Å². The van der Waals surface area contributed by atoms with Gasteiger partial charge in [0, 0.05) is 0 Å². The normalized spacial score (nSPS) is 8.43. The predicted molar refractivity (Wildman–Crippen MR) is 27.5 cm³/mol. The summed E-state index contributed by atoms with van der Waals surface area (Å²) in [6.07, 6.45) is 0. The Morgan fingerprint density at radius 2 is 1.29 bits per heavy atom. The molecule has 0 aliphatic rings. The van der Waals surface area contributed by atoms with Gasteiger partial charge in [0.1, 0.15) is 0 Å². The molecule has 0 atom stereocenters. The second kappa shape index (κ2) is 5.41. The monoisotopic (exact) mass is 116 g/mol. The maximum absolute atomic E-state index is 10.4. The molecule has 0 saturated carbocycles. The van der Waals surface area contributed by atoms with Gasteiger partial charge in [0.15, 0.2) is 0 Å². The summed E-state index contributed by atoms with van der Waals surface area (Å²) in [5.74, 6) is 0. The summed E-state index contributed by atoms with van der Waals surface area (Å²) >= 11 is 0. The van der Waals surface area contributed by atoms with Crippen LogP contribution in [0.4, 0.5) is 4.20 Å². The third-order valence-electron chi connectivity index (χ3n) is 0. The standard InChI is InChI=1S/FH2O3P.2Li.2H/c1-5(2,3)4;;;;/h(H2,2,3,4);;;;. The van der Waals surface area contributed by atoms with Gasteiger partial charge >= 0.3 is 45.6 Å². The van der Waals surface area contributed by atoms with Gasteiger partial charge in [-0.25, -0.2) is 4.57 Å². The van der Waals surface area contributed by atoms with E-state index in [1.54, 1.807) is 0 Å². The van der Waals surface area contributed by atoms with Crippen LogP contribution in [0.1, 0.15) is 0 Å². The molecular weight excluding hydrogens is 112 g/mol. The molecule has 0 amide bonds. The van der Waals surface area contributed by atoms with Crippen molar-refractivity contribution in [2.45, 2.75) is 0 Å². The van der Waals surface area contributed by atoms with Crippen molar-refractivity contribution in [3.05, 3.63) is 0 Å². The molecule has 0 heterocycles. The van der Waals surface area contributed by atoms with Gasteiger partial charge in [0.2, 0.25) is 0 Å². The molecule has 0 fully saturated rings. The SMILES string of the molecule is O=P(O)(O)F.[LiH].[LiH]. The van der Waals surface area contributed by atoms with Gasteiger partial charge in [-0.15, -0.1) is 4.20 Å². The van der Waals surface area contributed by atoms with Crippen LogP contribution in [0.5, 0.6) is 0 Å². The van der Waals surface area contributed by atoms with Crippen molar-refractivity contribution >= 4 is 45.6 Å². The van der Waals surface area contributed by atoms with Gasteiger partial charge in [0.25, 0.3) is 0 Å². The van der Waals surface area contributed by atoms with E-state index in [1.165, 1.54) is 0 Å². The van der Waals surface area contributed by atoms with Gasteiger partial charge in [-0.05, 0) is 0 Å². The molecule has 0 aromatic rings. The molecule has 0 bridgehead atoms. The van der Waals surface area contributed by atoms with Gasteiger partial charge in [-0.2, -0.15) is 0 Å². The molecule has 36 valence electrons. The van der Waals surface area contributed by atoms with Crippen molar-refractivity contribution < 1.29 is 18.5 Å². The minimum absolute atomic E-state index is 0. The molecule has 0 aliphatic heterocycles. The average molecular weight is 116 g/mol. The molecule has 0 aromatic carbocycles. The van der Waals surface area contributed by atoms with Crippen molar-refractivity contribution in [3.8, 4) is 0 Å². The molecule has 0 saturated heterocycles. The van der Waals surface area contributed by atoms with E-state index in [2.05, 4.69) is 0 Å². The number of hydrogen-bond donors (Lipinski definition) is 2. The minimum atomic E-state index is -5.14. The molecular formula is H4FLi2O3P. The first-order chi connectivity index (χ1) is 2.00. The number of hydrogen-bond acceptors (Lipinski definition) is 1. The first kappa shape index (κ1) is 15.7. The fraction of sp³-hybridized carbons (Fsp3) is 0. The van der Waals surface area contributed by atoms with E-state index in [0.29, 0.717) is 0 Å². The number of halogens is 1. The van der Waals surface area contributed by atoms with E-state index in [-0.39, 0.29) is 37.7 Å². The Labute approximate surface area is 64.3 Å². The van der Waals surface area contributed by atoms with Gasteiger partial charge in [-0.3, -0.25) is 9.79 Å². The zero-order valence-corrected chi connectivity index (χ0v) is 3.02. The van der Waals surface area contributed by atoms with Crippen molar-refractivity contribution in [2.75, 3.05) is 0 Å². The number of rotatable bonds is 0. The van der Waals surface area contributed by atoms with E-state index in [1.807, 2.05) is 0 Å². The third-order valence-corrected chi connectivity index (χ3v) is 0. The van der Waals surface area contributed by atoms with Crippen molar-refractivity contribution in [1.29, 1.82) is 0 Å². The van der Waals surface area contributed by atoms with Gasteiger partial charge in [-0.1, -0.05) is 0 Å². The van der Waals surface area contributed by atoms with Gasteiger partial charge in [0.05, 0.1) is 0 Å². The molecule has 0 aliphatic carbocycles. The van der Waals surface area contributed by atoms with E-state index in [4.69, 9.17) is 14.4 Å². The summed E-state index contributed by atoms with van der Waals surface area (Å²) in [7, 11) is -5.14. The first-order valence-electron chi connectivity index (χ1n) is 0.752. The Balaban J connectivity index is -0.0000000800. The Morgan fingerprint density at radius 3 is 1.29 bits per heavy atom. The summed E-state index contributed by atoms with van der Waals surface area (Å²) in [6, 6.07) is 0. The summed E-state index contributed by atoms with van der Waals surface area (Å²) in [4.78, 5) is 13.9. The average Bonchev–Trinajstić information content (AvgIpc) is 0.722. The predicted octanol–water partition coefficient (Wildman–Crippen LogP) is -1.25. The second-order valence-electron chi connectivity index (χ2n) is 0.473. The van der Waals surface area contributed by atoms with Crippen molar-refractivity contribution in [1.82, 2.24) is 0 Å². The molecule has 0 spiro atoms. The Kier molecular flexibility index (Phi) is 12.2. The second-order valence-corrected chi connectivity index (χ2v) is 1.42. The summed E-state index contributed by atoms with van der Waals surface area (Å²) in [5.41, 5.74) is 0. The third kappa shape index (κ3) is 125. The van der Waals surface area contributed by atoms with Crippen LogP contribution in [-0.4, -0.2) is 47.5 Å². The Morgan fingerprint density at radius 1 is 1.29 bits per heavy atom. The fourth-order valence-corrected chi connectivity index (χ4v) is 0. The topological polar surface area (TPSA) is 57.5 Å². The van der Waals surface area contributed by atoms with Crippen LogP contribution < -0.4 is 0 Å². The van der Waals surface area contributed by atoms with E-state index >= 15 is 0 Å². The zero-order valence-electron chi connectivity index (χ0n) is 2.13. The zero-order chi connectivity index (χ0) is 4.50. The molecule has 0 rings (SSSR count). The molecule has 7 heteroatoms. The van der Waals surface area contributed by atoms with Gasteiger partial charge < -0.3 is 0 Å². The molecule has 2 N–H and O–H groups in total. The van der Waals surface area contributed by atoms with Crippen LogP contribution in [0.2, 0.25) is 0 Å². The maximum atomic E-state index is 10.4. The Hall–Kier alpha value is 1.27.